The van der Waals surface area contributed by atoms with Gasteiger partial charge in [0.25, 0.3) is 0 Å². The Balaban J connectivity index is 2.52. The van der Waals surface area contributed by atoms with Gasteiger partial charge >= 0.3 is 0 Å². The van der Waals surface area contributed by atoms with Crippen LogP contribution in [0.25, 0.3) is 0 Å². The topological polar surface area (TPSA) is 35.5 Å². The lowest BCUT2D eigenvalue weighted by Gasteiger charge is -2.05. The number of ether oxygens (including phenoxy) is 2. The van der Waals surface area contributed by atoms with E-state index in [0.29, 0.717) is 12.8 Å². The second kappa shape index (κ2) is 6.19. The molecule has 0 aliphatic carbocycles. The molecule has 3 heteroatoms. The first-order chi connectivity index (χ1) is 7.26. The number of hydrogen-bond acceptors (Lipinski definition) is 3. The molecule has 0 aliphatic heterocycles. The molecule has 0 atom stereocenters. The molecule has 0 N–H and O–H groups in total. The van der Waals surface area contributed by atoms with Crippen molar-refractivity contribution in [1.29, 1.82) is 0 Å². The van der Waals surface area contributed by atoms with Crippen LogP contribution in [0, 0.1) is 0 Å². The van der Waals surface area contributed by atoms with Crippen molar-refractivity contribution in [3.63, 3.8) is 0 Å². The van der Waals surface area contributed by atoms with Crippen LogP contribution in [0.4, 0.5) is 0 Å². The third-order valence-electron chi connectivity index (χ3n) is 2.06. The fourth-order valence-corrected chi connectivity index (χ4v) is 1.18. The molecule has 0 bridgehead atoms. The van der Waals surface area contributed by atoms with E-state index in [4.69, 9.17) is 9.47 Å². The predicted molar refractivity (Wildman–Crippen MR) is 57.9 cm³/mol. The summed E-state index contributed by atoms with van der Waals surface area (Å²) < 4.78 is 10.0. The maximum Gasteiger partial charge on any atom is 0.188 e. The molecule has 0 fully saturated rings. The van der Waals surface area contributed by atoms with Crippen LogP contribution in [0.1, 0.15) is 18.9 Å². The van der Waals surface area contributed by atoms with Gasteiger partial charge < -0.3 is 9.47 Å². The maximum absolute atomic E-state index is 11.2. The lowest BCUT2D eigenvalue weighted by molar-refractivity contribution is -0.118. The van der Waals surface area contributed by atoms with E-state index in [9.17, 15) is 4.79 Å². The Bertz CT molecular complexity index is 303. The number of carbonyl (C=O) groups is 1. The Labute approximate surface area is 90.0 Å². The molecule has 0 saturated heterocycles. The van der Waals surface area contributed by atoms with Crippen LogP contribution in [0.5, 0.6) is 5.75 Å². The zero-order chi connectivity index (χ0) is 11.1. The van der Waals surface area contributed by atoms with E-state index in [-0.39, 0.29) is 12.6 Å². The molecule has 1 rings (SSSR count). The summed E-state index contributed by atoms with van der Waals surface area (Å²) in [5.41, 5.74) is 1.02. The molecular weight excluding hydrogens is 192 g/mol. The van der Waals surface area contributed by atoms with Crippen molar-refractivity contribution in [2.24, 2.45) is 0 Å². The summed E-state index contributed by atoms with van der Waals surface area (Å²) in [5, 5.41) is 0. The molecule has 0 aromatic heterocycles. The van der Waals surface area contributed by atoms with Gasteiger partial charge in [-0.2, -0.15) is 0 Å². The van der Waals surface area contributed by atoms with E-state index in [1.54, 1.807) is 7.11 Å². The molecule has 15 heavy (non-hydrogen) atoms. The van der Waals surface area contributed by atoms with E-state index in [1.165, 1.54) is 0 Å². The van der Waals surface area contributed by atoms with Crippen LogP contribution in [0.15, 0.2) is 24.3 Å². The maximum atomic E-state index is 11.2. The zero-order valence-corrected chi connectivity index (χ0v) is 9.16. The van der Waals surface area contributed by atoms with Crippen molar-refractivity contribution in [3.05, 3.63) is 29.8 Å². The molecule has 0 heterocycles. The lowest BCUT2D eigenvalue weighted by atomic mass is 10.1. The SMILES string of the molecule is CCC(=O)Cc1ccc(OCOC)cc1. The molecule has 0 radical (unpaired) electrons. The standard InChI is InChI=1S/C12H16O3/c1-3-11(13)8-10-4-6-12(7-5-10)15-9-14-2/h4-7H,3,8-9H2,1-2H3. The largest absolute Gasteiger partial charge is 0.468 e. The fourth-order valence-electron chi connectivity index (χ4n) is 1.18. The molecule has 3 nitrogen and oxygen atoms in total. The third kappa shape index (κ3) is 4.13. The van der Waals surface area contributed by atoms with Gasteiger partial charge in [0.05, 0.1) is 0 Å². The summed E-state index contributed by atoms with van der Waals surface area (Å²) in [6.45, 7) is 2.12. The number of carbonyl (C=O) groups excluding carboxylic acids is 1. The highest BCUT2D eigenvalue weighted by atomic mass is 16.7. The van der Waals surface area contributed by atoms with Crippen LogP contribution in [0.3, 0.4) is 0 Å². The lowest BCUT2D eigenvalue weighted by Crippen LogP contribution is -2.01. The first kappa shape index (κ1) is 11.7. The van der Waals surface area contributed by atoms with Crippen molar-refractivity contribution < 1.29 is 14.3 Å². The Hall–Kier alpha value is -1.35. The van der Waals surface area contributed by atoms with Crippen molar-refractivity contribution >= 4 is 5.78 Å². The molecule has 0 spiro atoms. The van der Waals surface area contributed by atoms with Crippen LogP contribution in [-0.2, 0) is 16.0 Å². The van der Waals surface area contributed by atoms with Crippen LogP contribution >= 0.6 is 0 Å². The molecule has 0 amide bonds. The van der Waals surface area contributed by atoms with Crippen molar-refractivity contribution in [3.8, 4) is 5.75 Å². The average Bonchev–Trinajstić information content (AvgIpc) is 2.28. The van der Waals surface area contributed by atoms with Gasteiger partial charge in [-0.25, -0.2) is 0 Å². The highest BCUT2D eigenvalue weighted by molar-refractivity contribution is 5.80. The van der Waals surface area contributed by atoms with Gasteiger partial charge in [0.1, 0.15) is 11.5 Å². The Kier molecular flexibility index (Phi) is 4.84. The second-order valence-corrected chi connectivity index (χ2v) is 3.26. The third-order valence-corrected chi connectivity index (χ3v) is 2.06. The summed E-state index contributed by atoms with van der Waals surface area (Å²) in [7, 11) is 1.58. The normalized spacial score (nSPS) is 10.0. The summed E-state index contributed by atoms with van der Waals surface area (Å²) in [6, 6.07) is 7.49. The number of Topliss-reactive ketones (excluding diaryl/α,β-unsaturated/α-hetero) is 1. The number of hydrogen-bond donors (Lipinski definition) is 0. The highest BCUT2D eigenvalue weighted by Crippen LogP contribution is 2.12. The van der Waals surface area contributed by atoms with Crippen molar-refractivity contribution in [2.75, 3.05) is 13.9 Å². The first-order valence-electron chi connectivity index (χ1n) is 4.98. The minimum absolute atomic E-state index is 0.243. The summed E-state index contributed by atoms with van der Waals surface area (Å²) in [6.07, 6.45) is 1.09. The monoisotopic (exact) mass is 208 g/mol. The number of methoxy groups -OCH3 is 1. The molecule has 1 aromatic carbocycles. The summed E-state index contributed by atoms with van der Waals surface area (Å²) in [5.74, 6) is 1.00. The summed E-state index contributed by atoms with van der Waals surface area (Å²) >= 11 is 0. The number of ketones is 1. The van der Waals surface area contributed by atoms with E-state index in [0.717, 1.165) is 11.3 Å². The van der Waals surface area contributed by atoms with Crippen molar-refractivity contribution in [2.45, 2.75) is 19.8 Å². The van der Waals surface area contributed by atoms with Crippen LogP contribution in [-0.4, -0.2) is 19.7 Å². The molecule has 82 valence electrons. The quantitative estimate of drug-likeness (QED) is 0.672. The molecule has 1 aromatic rings. The molecule has 0 saturated carbocycles. The summed E-state index contributed by atoms with van der Waals surface area (Å²) in [4.78, 5) is 11.2. The van der Waals surface area contributed by atoms with E-state index >= 15 is 0 Å². The number of rotatable bonds is 6. The van der Waals surface area contributed by atoms with Gasteiger partial charge in [-0.1, -0.05) is 19.1 Å². The van der Waals surface area contributed by atoms with E-state index in [1.807, 2.05) is 31.2 Å². The Morgan fingerprint density at radius 3 is 2.47 bits per heavy atom. The van der Waals surface area contributed by atoms with Gasteiger partial charge in [-0.3, -0.25) is 4.79 Å². The van der Waals surface area contributed by atoms with Gasteiger partial charge in [-0.15, -0.1) is 0 Å². The molecule has 0 aliphatic rings. The Morgan fingerprint density at radius 1 is 1.27 bits per heavy atom. The minimum atomic E-state index is 0.243. The van der Waals surface area contributed by atoms with E-state index < -0.39 is 0 Å². The zero-order valence-electron chi connectivity index (χ0n) is 9.16. The van der Waals surface area contributed by atoms with Crippen molar-refractivity contribution in [1.82, 2.24) is 0 Å². The highest BCUT2D eigenvalue weighted by Gasteiger charge is 2.01. The van der Waals surface area contributed by atoms with Crippen LogP contribution in [0.2, 0.25) is 0 Å². The van der Waals surface area contributed by atoms with Gasteiger partial charge in [0.15, 0.2) is 6.79 Å². The minimum Gasteiger partial charge on any atom is -0.468 e. The van der Waals surface area contributed by atoms with Gasteiger partial charge in [0, 0.05) is 20.0 Å². The van der Waals surface area contributed by atoms with Gasteiger partial charge in [0.2, 0.25) is 0 Å². The number of benzene rings is 1. The molecule has 0 unspecified atom stereocenters. The predicted octanol–water partition coefficient (Wildman–Crippen LogP) is 2.19. The smallest absolute Gasteiger partial charge is 0.188 e. The fraction of sp³-hybridized carbons (Fsp3) is 0.417. The Morgan fingerprint density at radius 2 is 1.93 bits per heavy atom. The van der Waals surface area contributed by atoms with Gasteiger partial charge in [-0.05, 0) is 17.7 Å². The van der Waals surface area contributed by atoms with Crippen LogP contribution < -0.4 is 4.74 Å². The average molecular weight is 208 g/mol. The first-order valence-corrected chi connectivity index (χ1v) is 4.98. The second-order valence-electron chi connectivity index (χ2n) is 3.26. The van der Waals surface area contributed by atoms with E-state index in [2.05, 4.69) is 0 Å². The molecular formula is C12H16O3.